The number of primary amides is 1. The van der Waals surface area contributed by atoms with Gasteiger partial charge in [-0.3, -0.25) is 4.79 Å². The van der Waals surface area contributed by atoms with E-state index < -0.39 is 17.6 Å². The molecule has 0 spiro atoms. The van der Waals surface area contributed by atoms with Crippen LogP contribution in [0.3, 0.4) is 0 Å². The van der Waals surface area contributed by atoms with Gasteiger partial charge in [-0.25, -0.2) is 4.79 Å². The van der Waals surface area contributed by atoms with E-state index in [1.165, 1.54) is 0 Å². The van der Waals surface area contributed by atoms with Crippen molar-refractivity contribution >= 4 is 11.9 Å². The Balaban J connectivity index is 4.57. The van der Waals surface area contributed by atoms with Crippen molar-refractivity contribution in [3.8, 4) is 0 Å². The van der Waals surface area contributed by atoms with Crippen LogP contribution in [0.2, 0.25) is 0 Å². The van der Waals surface area contributed by atoms with E-state index in [1.807, 2.05) is 13.8 Å². The molecule has 0 aliphatic carbocycles. The van der Waals surface area contributed by atoms with Crippen LogP contribution < -0.4 is 16.4 Å². The lowest BCUT2D eigenvalue weighted by Crippen LogP contribution is -2.55. The summed E-state index contributed by atoms with van der Waals surface area (Å²) in [7, 11) is 0. The molecule has 1 atom stereocenters. The lowest BCUT2D eigenvalue weighted by molar-refractivity contribution is -0.125. The Morgan fingerprint density at radius 2 is 1.88 bits per heavy atom. The fraction of sp³-hybridized carbons (Fsp3) is 0.818. The van der Waals surface area contributed by atoms with Crippen molar-refractivity contribution in [2.24, 2.45) is 11.7 Å². The highest BCUT2D eigenvalue weighted by molar-refractivity contribution is 5.86. The van der Waals surface area contributed by atoms with Gasteiger partial charge in [0.15, 0.2) is 0 Å². The number of carbonyl (C=O) groups excluding carboxylic acids is 2. The van der Waals surface area contributed by atoms with Gasteiger partial charge in [-0.05, 0) is 26.2 Å². The Bertz CT molecular complexity index is 277. The Morgan fingerprint density at radius 1 is 1.35 bits per heavy atom. The lowest BCUT2D eigenvalue weighted by atomic mass is 10.0. The second kappa shape index (κ2) is 6.44. The zero-order valence-electron chi connectivity index (χ0n) is 10.9. The van der Waals surface area contributed by atoms with Gasteiger partial charge in [-0.15, -0.1) is 0 Å². The third-order valence-electron chi connectivity index (χ3n) is 2.20. The van der Waals surface area contributed by atoms with Crippen molar-refractivity contribution in [3.63, 3.8) is 0 Å². The molecule has 0 aliphatic heterocycles. The normalized spacial score (nSPS) is 13.3. The number of nitrogens with two attached hydrogens (primary N) is 1. The molecule has 5 N–H and O–H groups in total. The van der Waals surface area contributed by atoms with Crippen LogP contribution in [-0.2, 0) is 4.79 Å². The van der Waals surface area contributed by atoms with E-state index in [2.05, 4.69) is 10.6 Å². The molecule has 0 saturated carbocycles. The van der Waals surface area contributed by atoms with Crippen LogP contribution in [0.4, 0.5) is 4.79 Å². The molecular weight excluding hydrogens is 222 g/mol. The number of nitrogens with one attached hydrogen (secondary N) is 2. The van der Waals surface area contributed by atoms with Crippen molar-refractivity contribution in [2.75, 3.05) is 6.61 Å². The summed E-state index contributed by atoms with van der Waals surface area (Å²) in [5, 5.41) is 14.1. The first-order valence-corrected chi connectivity index (χ1v) is 5.67. The van der Waals surface area contributed by atoms with E-state index in [0.29, 0.717) is 6.42 Å². The van der Waals surface area contributed by atoms with E-state index in [-0.39, 0.29) is 18.4 Å². The first-order valence-electron chi connectivity index (χ1n) is 5.67. The summed E-state index contributed by atoms with van der Waals surface area (Å²) in [6.45, 7) is 7.10. The van der Waals surface area contributed by atoms with Crippen LogP contribution in [0.5, 0.6) is 0 Å². The van der Waals surface area contributed by atoms with Crippen molar-refractivity contribution in [2.45, 2.75) is 45.7 Å². The van der Waals surface area contributed by atoms with Gasteiger partial charge in [0.1, 0.15) is 6.04 Å². The number of hydrogen-bond donors (Lipinski definition) is 4. The van der Waals surface area contributed by atoms with E-state index in [9.17, 15) is 9.59 Å². The lowest BCUT2D eigenvalue weighted by Gasteiger charge is -2.27. The van der Waals surface area contributed by atoms with Gasteiger partial charge in [-0.1, -0.05) is 13.8 Å². The van der Waals surface area contributed by atoms with E-state index >= 15 is 0 Å². The van der Waals surface area contributed by atoms with Gasteiger partial charge in [0, 0.05) is 0 Å². The minimum absolute atomic E-state index is 0.177. The highest BCUT2D eigenvalue weighted by atomic mass is 16.3. The molecule has 0 rings (SSSR count). The Hall–Kier alpha value is -1.30. The maximum atomic E-state index is 11.9. The molecule has 0 aromatic carbocycles. The number of urea groups is 1. The highest BCUT2D eigenvalue weighted by Gasteiger charge is 2.26. The molecule has 0 bridgehead atoms. The summed E-state index contributed by atoms with van der Waals surface area (Å²) in [6.07, 6.45) is 0.496. The maximum Gasteiger partial charge on any atom is 0.312 e. The SMILES string of the molecule is CC(C)CC(NC(N)=O)C(=O)NC(C)(C)CO. The fourth-order valence-corrected chi connectivity index (χ4v) is 1.33. The summed E-state index contributed by atoms with van der Waals surface area (Å²) in [4.78, 5) is 22.7. The molecule has 0 heterocycles. The molecule has 17 heavy (non-hydrogen) atoms. The maximum absolute atomic E-state index is 11.9. The van der Waals surface area contributed by atoms with Crippen LogP contribution in [0.15, 0.2) is 0 Å². The molecule has 100 valence electrons. The number of rotatable bonds is 6. The minimum atomic E-state index is -0.729. The van der Waals surface area contributed by atoms with Crippen LogP contribution in [0, 0.1) is 5.92 Å². The van der Waals surface area contributed by atoms with E-state index in [1.54, 1.807) is 13.8 Å². The zero-order chi connectivity index (χ0) is 13.6. The van der Waals surface area contributed by atoms with Gasteiger partial charge >= 0.3 is 6.03 Å². The second-order valence-corrected chi connectivity index (χ2v) is 5.22. The predicted octanol–water partition coefficient (Wildman–Crippen LogP) is -0.0435. The Morgan fingerprint density at radius 3 is 2.24 bits per heavy atom. The average Bonchev–Trinajstić information content (AvgIpc) is 2.14. The molecule has 1 unspecified atom stereocenters. The highest BCUT2D eigenvalue weighted by Crippen LogP contribution is 2.07. The molecule has 6 heteroatoms. The standard InChI is InChI=1S/C11H23N3O3/c1-7(2)5-8(13-10(12)17)9(16)14-11(3,4)6-15/h7-8,15H,5-6H2,1-4H3,(H,14,16)(H3,12,13,17). The molecule has 6 nitrogen and oxygen atoms in total. The Labute approximate surface area is 102 Å². The molecular formula is C11H23N3O3. The van der Waals surface area contributed by atoms with Gasteiger partial charge in [0.2, 0.25) is 5.91 Å². The number of aliphatic hydroxyl groups is 1. The van der Waals surface area contributed by atoms with Crippen LogP contribution in [0.25, 0.3) is 0 Å². The topological polar surface area (TPSA) is 104 Å². The molecule has 0 radical (unpaired) electrons. The molecule has 3 amide bonds. The minimum Gasteiger partial charge on any atom is -0.394 e. The summed E-state index contributed by atoms with van der Waals surface area (Å²) >= 11 is 0. The molecule has 0 aromatic heterocycles. The van der Waals surface area contributed by atoms with Crippen molar-refractivity contribution in [1.29, 1.82) is 0 Å². The monoisotopic (exact) mass is 245 g/mol. The molecule has 0 fully saturated rings. The van der Waals surface area contributed by atoms with E-state index in [4.69, 9.17) is 10.8 Å². The first kappa shape index (κ1) is 15.7. The van der Waals surface area contributed by atoms with Gasteiger partial charge < -0.3 is 21.5 Å². The van der Waals surface area contributed by atoms with E-state index in [0.717, 1.165) is 0 Å². The van der Waals surface area contributed by atoms with Crippen LogP contribution in [0.1, 0.15) is 34.1 Å². The quantitative estimate of drug-likeness (QED) is 0.527. The molecule has 0 saturated heterocycles. The third-order valence-corrected chi connectivity index (χ3v) is 2.20. The summed E-state index contributed by atoms with van der Waals surface area (Å²) < 4.78 is 0. The average molecular weight is 245 g/mol. The summed E-state index contributed by atoms with van der Waals surface area (Å²) in [5.74, 6) is -0.0913. The number of aliphatic hydroxyl groups excluding tert-OH is 1. The van der Waals surface area contributed by atoms with Gasteiger partial charge in [0.25, 0.3) is 0 Å². The largest absolute Gasteiger partial charge is 0.394 e. The third kappa shape index (κ3) is 6.78. The van der Waals surface area contributed by atoms with Gasteiger partial charge in [-0.2, -0.15) is 0 Å². The second-order valence-electron chi connectivity index (χ2n) is 5.22. The Kier molecular flexibility index (Phi) is 5.95. The fourth-order valence-electron chi connectivity index (χ4n) is 1.33. The first-order chi connectivity index (χ1) is 7.68. The predicted molar refractivity (Wildman–Crippen MR) is 65.3 cm³/mol. The number of amides is 3. The summed E-state index contributed by atoms with van der Waals surface area (Å²) in [6, 6.07) is -1.40. The molecule has 0 aliphatic rings. The van der Waals surface area contributed by atoms with Crippen LogP contribution in [-0.4, -0.2) is 35.2 Å². The molecule has 0 aromatic rings. The van der Waals surface area contributed by atoms with Crippen molar-refractivity contribution in [3.05, 3.63) is 0 Å². The van der Waals surface area contributed by atoms with Gasteiger partial charge in [0.05, 0.1) is 12.1 Å². The van der Waals surface area contributed by atoms with Crippen molar-refractivity contribution < 1.29 is 14.7 Å². The smallest absolute Gasteiger partial charge is 0.312 e. The summed E-state index contributed by atoms with van der Waals surface area (Å²) in [5.41, 5.74) is 4.31. The van der Waals surface area contributed by atoms with Crippen LogP contribution >= 0.6 is 0 Å². The number of hydrogen-bond acceptors (Lipinski definition) is 3. The van der Waals surface area contributed by atoms with Crippen molar-refractivity contribution in [1.82, 2.24) is 10.6 Å². The number of carbonyl (C=O) groups is 2. The zero-order valence-corrected chi connectivity index (χ0v) is 10.9.